The Bertz CT molecular complexity index is 617. The maximum absolute atomic E-state index is 8.86. The molecule has 0 fully saturated rings. The van der Waals surface area contributed by atoms with Gasteiger partial charge in [-0.3, -0.25) is 0 Å². The summed E-state index contributed by atoms with van der Waals surface area (Å²) in [6, 6.07) is 13.7. The molecule has 0 unspecified atom stereocenters. The fourth-order valence-corrected chi connectivity index (χ4v) is 2.06. The van der Waals surface area contributed by atoms with Crippen molar-refractivity contribution in [3.05, 3.63) is 58.2 Å². The van der Waals surface area contributed by atoms with Gasteiger partial charge < -0.3 is 5.32 Å². The fraction of sp³-hybridized carbons (Fsp3) is 0.200. The molecule has 0 radical (unpaired) electrons. The van der Waals surface area contributed by atoms with E-state index in [4.69, 9.17) is 16.9 Å². The smallest absolute Gasteiger partial charge is 0.132 e. The number of aromatic nitrogens is 1. The Morgan fingerprint density at radius 1 is 1.32 bits per heavy atom. The van der Waals surface area contributed by atoms with Gasteiger partial charge in [0.1, 0.15) is 11.0 Å². The standard InChI is InChI=1S/C15H14ClN3/c1-11-3-2-4-12(7-11)5-6-18-15-9-13(10-17)8-14(16)19-15/h2-4,7-9H,5-6H2,1H3,(H,18,19). The van der Waals surface area contributed by atoms with Crippen LogP contribution in [0.2, 0.25) is 5.15 Å². The Kier molecular flexibility index (Phi) is 4.38. The predicted molar refractivity (Wildman–Crippen MR) is 77.3 cm³/mol. The first kappa shape index (κ1) is 13.4. The van der Waals surface area contributed by atoms with Crippen molar-refractivity contribution in [2.24, 2.45) is 0 Å². The third kappa shape index (κ3) is 3.97. The summed E-state index contributed by atoms with van der Waals surface area (Å²) in [6.45, 7) is 2.83. The molecule has 0 aliphatic carbocycles. The second kappa shape index (κ2) is 6.21. The van der Waals surface area contributed by atoms with Gasteiger partial charge in [0.2, 0.25) is 0 Å². The molecule has 0 amide bonds. The third-order valence-corrected chi connectivity index (χ3v) is 2.92. The Morgan fingerprint density at radius 3 is 2.89 bits per heavy atom. The maximum atomic E-state index is 8.86. The number of rotatable bonds is 4. The predicted octanol–water partition coefficient (Wildman–Crippen LogP) is 3.57. The summed E-state index contributed by atoms with van der Waals surface area (Å²) < 4.78 is 0. The zero-order chi connectivity index (χ0) is 13.7. The summed E-state index contributed by atoms with van der Waals surface area (Å²) in [6.07, 6.45) is 0.901. The van der Waals surface area contributed by atoms with Crippen molar-refractivity contribution in [1.29, 1.82) is 5.26 Å². The van der Waals surface area contributed by atoms with Gasteiger partial charge in [-0.2, -0.15) is 5.26 Å². The van der Waals surface area contributed by atoms with Crippen LogP contribution in [0.4, 0.5) is 5.82 Å². The molecule has 1 heterocycles. The molecule has 1 aromatic heterocycles. The van der Waals surface area contributed by atoms with Gasteiger partial charge in [0.05, 0.1) is 11.6 Å². The molecule has 96 valence electrons. The van der Waals surface area contributed by atoms with E-state index in [1.165, 1.54) is 11.1 Å². The molecule has 1 aromatic carbocycles. The van der Waals surface area contributed by atoms with Crippen molar-refractivity contribution in [3.8, 4) is 6.07 Å². The minimum absolute atomic E-state index is 0.331. The average molecular weight is 272 g/mol. The Labute approximate surface area is 117 Å². The molecule has 2 rings (SSSR count). The lowest BCUT2D eigenvalue weighted by atomic mass is 10.1. The number of hydrogen-bond acceptors (Lipinski definition) is 3. The Hall–Kier alpha value is -2.05. The lowest BCUT2D eigenvalue weighted by Gasteiger charge is -2.07. The van der Waals surface area contributed by atoms with Crippen LogP contribution >= 0.6 is 11.6 Å². The van der Waals surface area contributed by atoms with Crippen LogP contribution in [-0.4, -0.2) is 11.5 Å². The molecule has 2 aromatic rings. The van der Waals surface area contributed by atoms with E-state index < -0.39 is 0 Å². The van der Waals surface area contributed by atoms with Crippen molar-refractivity contribution in [3.63, 3.8) is 0 Å². The highest BCUT2D eigenvalue weighted by molar-refractivity contribution is 6.29. The van der Waals surface area contributed by atoms with E-state index >= 15 is 0 Å². The first-order valence-corrected chi connectivity index (χ1v) is 6.42. The fourth-order valence-electron chi connectivity index (χ4n) is 1.85. The SMILES string of the molecule is Cc1cccc(CCNc2cc(C#N)cc(Cl)n2)c1. The number of nitriles is 1. The minimum Gasteiger partial charge on any atom is -0.370 e. The van der Waals surface area contributed by atoms with Gasteiger partial charge in [0.15, 0.2) is 0 Å². The van der Waals surface area contributed by atoms with E-state index in [0.29, 0.717) is 16.5 Å². The summed E-state index contributed by atoms with van der Waals surface area (Å²) in [4.78, 5) is 4.13. The van der Waals surface area contributed by atoms with Crippen LogP contribution < -0.4 is 5.32 Å². The number of halogens is 1. The van der Waals surface area contributed by atoms with E-state index in [0.717, 1.165) is 13.0 Å². The molecule has 1 N–H and O–H groups in total. The molecule has 0 saturated heterocycles. The van der Waals surface area contributed by atoms with Crippen molar-refractivity contribution >= 4 is 17.4 Å². The maximum Gasteiger partial charge on any atom is 0.132 e. The molecule has 3 nitrogen and oxygen atoms in total. The van der Waals surface area contributed by atoms with Crippen LogP contribution in [-0.2, 0) is 6.42 Å². The van der Waals surface area contributed by atoms with E-state index in [9.17, 15) is 0 Å². The highest BCUT2D eigenvalue weighted by Crippen LogP contribution is 2.14. The summed E-state index contributed by atoms with van der Waals surface area (Å²) in [7, 11) is 0. The number of nitrogens with zero attached hydrogens (tertiary/aromatic N) is 2. The van der Waals surface area contributed by atoms with Crippen molar-refractivity contribution in [1.82, 2.24) is 4.98 Å². The number of aryl methyl sites for hydroxylation is 1. The van der Waals surface area contributed by atoms with Gasteiger partial charge in [-0.25, -0.2) is 4.98 Å². The number of benzene rings is 1. The molecule has 4 heteroatoms. The zero-order valence-electron chi connectivity index (χ0n) is 10.7. The van der Waals surface area contributed by atoms with Gasteiger partial charge in [-0.05, 0) is 31.0 Å². The second-order valence-corrected chi connectivity index (χ2v) is 4.73. The largest absolute Gasteiger partial charge is 0.370 e. The van der Waals surface area contributed by atoms with E-state index in [-0.39, 0.29) is 0 Å². The second-order valence-electron chi connectivity index (χ2n) is 4.34. The van der Waals surface area contributed by atoms with Crippen molar-refractivity contribution in [2.45, 2.75) is 13.3 Å². The van der Waals surface area contributed by atoms with Crippen LogP contribution in [0.3, 0.4) is 0 Å². The first-order valence-electron chi connectivity index (χ1n) is 6.04. The van der Waals surface area contributed by atoms with Crippen LogP contribution in [0, 0.1) is 18.3 Å². The number of pyridine rings is 1. The molecular formula is C15H14ClN3. The molecule has 0 aliphatic heterocycles. The lowest BCUT2D eigenvalue weighted by Crippen LogP contribution is -2.06. The minimum atomic E-state index is 0.331. The topological polar surface area (TPSA) is 48.7 Å². The van der Waals surface area contributed by atoms with Gasteiger partial charge >= 0.3 is 0 Å². The van der Waals surface area contributed by atoms with Gasteiger partial charge in [-0.15, -0.1) is 0 Å². The van der Waals surface area contributed by atoms with Gasteiger partial charge in [-0.1, -0.05) is 41.4 Å². The molecule has 0 aliphatic rings. The Morgan fingerprint density at radius 2 is 2.16 bits per heavy atom. The summed E-state index contributed by atoms with van der Waals surface area (Å²) in [5.41, 5.74) is 3.04. The molecule has 0 atom stereocenters. The number of anilines is 1. The van der Waals surface area contributed by atoms with Gasteiger partial charge in [0.25, 0.3) is 0 Å². The van der Waals surface area contributed by atoms with E-state index in [1.807, 2.05) is 0 Å². The van der Waals surface area contributed by atoms with Crippen LogP contribution in [0.25, 0.3) is 0 Å². The molecule has 0 bridgehead atoms. The normalized spacial score (nSPS) is 9.95. The number of nitrogens with one attached hydrogen (secondary N) is 1. The highest BCUT2D eigenvalue weighted by atomic mass is 35.5. The third-order valence-electron chi connectivity index (χ3n) is 2.73. The summed E-state index contributed by atoms with van der Waals surface area (Å²) in [5, 5.41) is 12.4. The number of hydrogen-bond donors (Lipinski definition) is 1. The summed E-state index contributed by atoms with van der Waals surface area (Å²) >= 11 is 5.84. The summed E-state index contributed by atoms with van der Waals surface area (Å²) in [5.74, 6) is 0.636. The zero-order valence-corrected chi connectivity index (χ0v) is 11.4. The monoisotopic (exact) mass is 271 g/mol. The van der Waals surface area contributed by atoms with E-state index in [1.54, 1.807) is 12.1 Å². The molecular weight excluding hydrogens is 258 g/mol. The molecule has 0 spiro atoms. The van der Waals surface area contributed by atoms with Crippen LogP contribution in [0.5, 0.6) is 0 Å². The van der Waals surface area contributed by atoms with Crippen molar-refractivity contribution in [2.75, 3.05) is 11.9 Å². The van der Waals surface area contributed by atoms with Crippen molar-refractivity contribution < 1.29 is 0 Å². The Balaban J connectivity index is 1.96. The quantitative estimate of drug-likeness (QED) is 0.865. The average Bonchev–Trinajstić information content (AvgIpc) is 2.38. The van der Waals surface area contributed by atoms with Gasteiger partial charge in [0, 0.05) is 6.54 Å². The highest BCUT2D eigenvalue weighted by Gasteiger charge is 2.01. The first-order chi connectivity index (χ1) is 9.17. The lowest BCUT2D eigenvalue weighted by molar-refractivity contribution is 1.00. The van der Waals surface area contributed by atoms with E-state index in [2.05, 4.69) is 47.6 Å². The van der Waals surface area contributed by atoms with Crippen LogP contribution in [0.15, 0.2) is 36.4 Å². The molecule has 0 saturated carbocycles. The van der Waals surface area contributed by atoms with Crippen LogP contribution in [0.1, 0.15) is 16.7 Å². The molecule has 19 heavy (non-hydrogen) atoms.